The van der Waals surface area contributed by atoms with E-state index in [1.807, 2.05) is 31.2 Å². The Kier molecular flexibility index (Phi) is 2.00. The van der Waals surface area contributed by atoms with Crippen molar-refractivity contribution in [2.24, 2.45) is 0 Å². The standard InChI is InChI=1S/C11H12N2O/c1-2-9-10(12)7-8-5-3-4-6-13(8)11(9)14/h3-7H,2,12H2,1H3. The van der Waals surface area contributed by atoms with Crippen LogP contribution in [0.5, 0.6) is 0 Å². The second kappa shape index (κ2) is 3.18. The van der Waals surface area contributed by atoms with Crippen molar-refractivity contribution in [2.75, 3.05) is 5.73 Å². The van der Waals surface area contributed by atoms with Crippen molar-refractivity contribution in [3.05, 3.63) is 46.4 Å². The van der Waals surface area contributed by atoms with Crippen molar-refractivity contribution in [3.63, 3.8) is 0 Å². The number of nitrogen functional groups attached to an aromatic ring is 1. The molecule has 2 aromatic rings. The number of rotatable bonds is 1. The summed E-state index contributed by atoms with van der Waals surface area (Å²) in [4.78, 5) is 11.9. The van der Waals surface area contributed by atoms with E-state index in [1.54, 1.807) is 10.6 Å². The van der Waals surface area contributed by atoms with Crippen molar-refractivity contribution < 1.29 is 0 Å². The average Bonchev–Trinajstić information content (AvgIpc) is 2.18. The first-order valence-electron chi connectivity index (χ1n) is 4.62. The van der Waals surface area contributed by atoms with Crippen LogP contribution in [0.3, 0.4) is 0 Å². The number of aromatic nitrogens is 1. The van der Waals surface area contributed by atoms with Crippen LogP contribution in [0.2, 0.25) is 0 Å². The Labute approximate surface area is 81.8 Å². The van der Waals surface area contributed by atoms with Crippen LogP contribution in [0.15, 0.2) is 35.3 Å². The first-order valence-corrected chi connectivity index (χ1v) is 4.62. The van der Waals surface area contributed by atoms with Gasteiger partial charge in [0.2, 0.25) is 0 Å². The highest BCUT2D eigenvalue weighted by molar-refractivity contribution is 5.59. The maximum Gasteiger partial charge on any atom is 0.260 e. The summed E-state index contributed by atoms with van der Waals surface area (Å²) in [6.45, 7) is 1.93. The molecule has 72 valence electrons. The number of fused-ring (bicyclic) bond motifs is 1. The summed E-state index contributed by atoms with van der Waals surface area (Å²) in [5.74, 6) is 0. The lowest BCUT2D eigenvalue weighted by molar-refractivity contribution is 1.01. The Morgan fingerprint density at radius 1 is 1.43 bits per heavy atom. The zero-order chi connectivity index (χ0) is 10.1. The monoisotopic (exact) mass is 188 g/mol. The van der Waals surface area contributed by atoms with Crippen LogP contribution < -0.4 is 11.3 Å². The summed E-state index contributed by atoms with van der Waals surface area (Å²) in [7, 11) is 0. The van der Waals surface area contributed by atoms with E-state index in [1.165, 1.54) is 0 Å². The fourth-order valence-corrected chi connectivity index (χ4v) is 1.63. The molecule has 0 saturated heterocycles. The van der Waals surface area contributed by atoms with Crippen molar-refractivity contribution in [2.45, 2.75) is 13.3 Å². The SMILES string of the molecule is CCc1c(N)cc2ccccn2c1=O. The van der Waals surface area contributed by atoms with Crippen molar-refractivity contribution in [3.8, 4) is 0 Å². The first kappa shape index (κ1) is 8.81. The van der Waals surface area contributed by atoms with Gasteiger partial charge in [0.1, 0.15) is 0 Å². The molecule has 0 fully saturated rings. The molecule has 0 amide bonds. The molecule has 0 bridgehead atoms. The summed E-state index contributed by atoms with van der Waals surface area (Å²) in [6, 6.07) is 7.43. The smallest absolute Gasteiger partial charge is 0.260 e. The Morgan fingerprint density at radius 3 is 2.93 bits per heavy atom. The van der Waals surface area contributed by atoms with Crippen LogP contribution in [-0.2, 0) is 6.42 Å². The van der Waals surface area contributed by atoms with E-state index in [2.05, 4.69) is 0 Å². The van der Waals surface area contributed by atoms with Crippen LogP contribution in [0.1, 0.15) is 12.5 Å². The second-order valence-corrected chi connectivity index (χ2v) is 3.23. The lowest BCUT2D eigenvalue weighted by Crippen LogP contribution is -2.19. The summed E-state index contributed by atoms with van der Waals surface area (Å²) >= 11 is 0. The van der Waals surface area contributed by atoms with Crippen molar-refractivity contribution in [1.29, 1.82) is 0 Å². The predicted octanol–water partition coefficient (Wildman–Crippen LogP) is 1.44. The van der Waals surface area contributed by atoms with Crippen LogP contribution in [-0.4, -0.2) is 4.40 Å². The molecule has 2 aromatic heterocycles. The minimum atomic E-state index is -0.0110. The van der Waals surface area contributed by atoms with E-state index in [0.29, 0.717) is 17.7 Å². The number of hydrogen-bond acceptors (Lipinski definition) is 2. The molecule has 3 heteroatoms. The van der Waals surface area contributed by atoms with E-state index >= 15 is 0 Å². The highest BCUT2D eigenvalue weighted by atomic mass is 16.1. The largest absolute Gasteiger partial charge is 0.398 e. The number of nitrogens with two attached hydrogens (primary N) is 1. The quantitative estimate of drug-likeness (QED) is 0.736. The van der Waals surface area contributed by atoms with E-state index in [0.717, 1.165) is 5.52 Å². The van der Waals surface area contributed by atoms with Crippen LogP contribution in [0.4, 0.5) is 5.69 Å². The highest BCUT2D eigenvalue weighted by Crippen LogP contribution is 2.11. The lowest BCUT2D eigenvalue weighted by atomic mass is 10.1. The fourth-order valence-electron chi connectivity index (χ4n) is 1.63. The lowest BCUT2D eigenvalue weighted by Gasteiger charge is -2.05. The van der Waals surface area contributed by atoms with Crippen LogP contribution >= 0.6 is 0 Å². The molecular formula is C11H12N2O. The molecule has 0 aromatic carbocycles. The Bertz CT molecular complexity index is 528. The zero-order valence-electron chi connectivity index (χ0n) is 8.03. The van der Waals surface area contributed by atoms with Crippen LogP contribution in [0, 0.1) is 0 Å². The molecule has 0 saturated carbocycles. The third-order valence-corrected chi connectivity index (χ3v) is 2.37. The molecule has 0 aliphatic carbocycles. The molecule has 2 N–H and O–H groups in total. The molecule has 0 radical (unpaired) electrons. The van der Waals surface area contributed by atoms with E-state index in [9.17, 15) is 4.79 Å². The van der Waals surface area contributed by atoms with E-state index in [-0.39, 0.29) is 5.56 Å². The Morgan fingerprint density at radius 2 is 2.21 bits per heavy atom. The molecule has 2 heterocycles. The number of hydrogen-bond donors (Lipinski definition) is 1. The Balaban J connectivity index is 2.93. The summed E-state index contributed by atoms with van der Waals surface area (Å²) in [5, 5.41) is 0. The maximum absolute atomic E-state index is 11.9. The number of pyridine rings is 2. The summed E-state index contributed by atoms with van der Waals surface area (Å²) < 4.78 is 1.62. The fraction of sp³-hybridized carbons (Fsp3) is 0.182. The zero-order valence-corrected chi connectivity index (χ0v) is 8.03. The van der Waals surface area contributed by atoms with Crippen LogP contribution in [0.25, 0.3) is 5.52 Å². The normalized spacial score (nSPS) is 10.6. The Hall–Kier alpha value is -1.77. The van der Waals surface area contributed by atoms with Gasteiger partial charge >= 0.3 is 0 Å². The van der Waals surface area contributed by atoms with Gasteiger partial charge in [-0.2, -0.15) is 0 Å². The van der Waals surface area contributed by atoms with Gasteiger partial charge in [-0.1, -0.05) is 13.0 Å². The first-order chi connectivity index (χ1) is 6.74. The van der Waals surface area contributed by atoms with Gasteiger partial charge in [0.25, 0.3) is 5.56 Å². The molecule has 0 aliphatic rings. The molecule has 0 spiro atoms. The highest BCUT2D eigenvalue weighted by Gasteiger charge is 2.05. The van der Waals surface area contributed by atoms with Gasteiger partial charge in [-0.25, -0.2) is 0 Å². The molecule has 3 nitrogen and oxygen atoms in total. The summed E-state index contributed by atoms with van der Waals surface area (Å²) in [5.41, 5.74) is 7.89. The molecule has 2 rings (SSSR count). The third-order valence-electron chi connectivity index (χ3n) is 2.37. The molecule has 0 aliphatic heterocycles. The minimum Gasteiger partial charge on any atom is -0.398 e. The molecule has 0 atom stereocenters. The van der Waals surface area contributed by atoms with Gasteiger partial charge < -0.3 is 5.73 Å². The van der Waals surface area contributed by atoms with Crippen molar-refractivity contribution >= 4 is 11.2 Å². The van der Waals surface area contributed by atoms with Gasteiger partial charge in [0.05, 0.1) is 5.52 Å². The van der Waals surface area contributed by atoms with E-state index in [4.69, 9.17) is 5.73 Å². The third kappa shape index (κ3) is 1.18. The van der Waals surface area contributed by atoms with Gasteiger partial charge in [-0.05, 0) is 24.6 Å². The minimum absolute atomic E-state index is 0.0110. The number of anilines is 1. The average molecular weight is 188 g/mol. The van der Waals surface area contributed by atoms with Gasteiger partial charge in [0, 0.05) is 17.4 Å². The van der Waals surface area contributed by atoms with Gasteiger partial charge in [-0.3, -0.25) is 9.20 Å². The number of nitrogens with zero attached hydrogens (tertiary/aromatic N) is 1. The van der Waals surface area contributed by atoms with Gasteiger partial charge in [-0.15, -0.1) is 0 Å². The molecule has 0 unspecified atom stereocenters. The maximum atomic E-state index is 11.9. The second-order valence-electron chi connectivity index (χ2n) is 3.23. The van der Waals surface area contributed by atoms with Crippen molar-refractivity contribution in [1.82, 2.24) is 4.40 Å². The van der Waals surface area contributed by atoms with E-state index < -0.39 is 0 Å². The topological polar surface area (TPSA) is 47.5 Å². The van der Waals surface area contributed by atoms with Gasteiger partial charge in [0.15, 0.2) is 0 Å². The molecular weight excluding hydrogens is 176 g/mol. The molecule has 14 heavy (non-hydrogen) atoms. The predicted molar refractivity (Wildman–Crippen MR) is 57.5 cm³/mol. The summed E-state index contributed by atoms with van der Waals surface area (Å²) in [6.07, 6.45) is 2.43.